The summed E-state index contributed by atoms with van der Waals surface area (Å²) in [7, 11) is 1.38. The number of carbonyl (C=O) groups excluding carboxylic acids is 1. The number of methoxy groups -OCH3 is 1. The molecule has 2 aromatic carbocycles. The average molecular weight is 481 g/mol. The molecule has 2 rings (SSSR count). The molecule has 0 spiro atoms. The molecular weight excluding hydrogens is 453 g/mol. The number of benzene rings is 2. The summed E-state index contributed by atoms with van der Waals surface area (Å²) in [5, 5.41) is 6.62. The number of esters is 1. The first kappa shape index (κ1) is 23.0. The highest BCUT2D eigenvalue weighted by molar-refractivity contribution is 14.0. The van der Waals surface area contributed by atoms with Gasteiger partial charge in [0.25, 0.3) is 0 Å². The maximum Gasteiger partial charge on any atom is 0.337 e. The maximum absolute atomic E-state index is 11.5. The number of hydrogen-bond donors (Lipinski definition) is 2. The fourth-order valence-electron chi connectivity index (χ4n) is 2.52. The minimum atomic E-state index is -0.325. The summed E-state index contributed by atoms with van der Waals surface area (Å²) in [6, 6.07) is 17.8. The topological polar surface area (TPSA) is 62.7 Å². The summed E-state index contributed by atoms with van der Waals surface area (Å²) < 4.78 is 4.71. The minimum absolute atomic E-state index is 0. The molecule has 0 bridgehead atoms. The Labute approximate surface area is 178 Å². The molecule has 146 valence electrons. The molecule has 0 radical (unpaired) electrons. The maximum atomic E-state index is 11.5. The van der Waals surface area contributed by atoms with Crippen molar-refractivity contribution in [2.75, 3.05) is 20.2 Å². The molecule has 5 nitrogen and oxygen atoms in total. The molecule has 0 amide bonds. The highest BCUT2D eigenvalue weighted by Gasteiger charge is 2.04. The zero-order valence-electron chi connectivity index (χ0n) is 15.9. The van der Waals surface area contributed by atoms with E-state index in [9.17, 15) is 4.79 Å². The van der Waals surface area contributed by atoms with Gasteiger partial charge in [0.1, 0.15) is 0 Å². The molecule has 0 aliphatic heterocycles. The third-order valence-corrected chi connectivity index (χ3v) is 3.92. The lowest BCUT2D eigenvalue weighted by atomic mass is 10.1. The molecule has 0 aromatic heterocycles. The predicted molar refractivity (Wildman–Crippen MR) is 121 cm³/mol. The average Bonchev–Trinajstić information content (AvgIpc) is 2.70. The molecule has 2 aromatic rings. The Morgan fingerprint density at radius 3 is 2.33 bits per heavy atom. The van der Waals surface area contributed by atoms with E-state index in [1.165, 1.54) is 12.7 Å². The van der Waals surface area contributed by atoms with Crippen molar-refractivity contribution in [2.24, 2.45) is 4.99 Å². The van der Waals surface area contributed by atoms with E-state index in [0.717, 1.165) is 37.5 Å². The molecule has 27 heavy (non-hydrogen) atoms. The third kappa shape index (κ3) is 8.43. The fourth-order valence-corrected chi connectivity index (χ4v) is 2.52. The smallest absolute Gasteiger partial charge is 0.337 e. The van der Waals surface area contributed by atoms with E-state index < -0.39 is 0 Å². The Kier molecular flexibility index (Phi) is 11.2. The van der Waals surface area contributed by atoms with E-state index in [0.29, 0.717) is 12.1 Å². The Balaban J connectivity index is 0.00000364. The van der Waals surface area contributed by atoms with Crippen molar-refractivity contribution >= 4 is 35.9 Å². The van der Waals surface area contributed by atoms with Crippen molar-refractivity contribution in [3.05, 3.63) is 71.3 Å². The first-order valence-electron chi connectivity index (χ1n) is 8.96. The largest absolute Gasteiger partial charge is 0.465 e. The van der Waals surface area contributed by atoms with Gasteiger partial charge in [0.2, 0.25) is 0 Å². The number of nitrogens with one attached hydrogen (secondary N) is 2. The van der Waals surface area contributed by atoms with Gasteiger partial charge in [-0.1, -0.05) is 42.5 Å². The van der Waals surface area contributed by atoms with Crippen LogP contribution in [0.2, 0.25) is 0 Å². The predicted octanol–water partition coefficient (Wildman–Crippen LogP) is 3.78. The zero-order valence-corrected chi connectivity index (χ0v) is 18.2. The molecule has 0 heterocycles. The second kappa shape index (κ2) is 13.1. The summed E-state index contributed by atoms with van der Waals surface area (Å²) in [6.07, 6.45) is 2.09. The second-order valence-electron chi connectivity index (χ2n) is 5.90. The molecular formula is C21H28IN3O2. The van der Waals surface area contributed by atoms with Gasteiger partial charge in [0, 0.05) is 13.1 Å². The number of guanidine groups is 1. The number of aryl methyl sites for hydroxylation is 1. The van der Waals surface area contributed by atoms with Gasteiger partial charge in [-0.05, 0) is 43.0 Å². The lowest BCUT2D eigenvalue weighted by Gasteiger charge is -2.11. The van der Waals surface area contributed by atoms with Crippen molar-refractivity contribution in [1.82, 2.24) is 10.6 Å². The number of rotatable bonds is 8. The van der Waals surface area contributed by atoms with Crippen LogP contribution in [0.15, 0.2) is 59.6 Å². The molecule has 0 aliphatic rings. The van der Waals surface area contributed by atoms with E-state index >= 15 is 0 Å². The van der Waals surface area contributed by atoms with Gasteiger partial charge in [-0.2, -0.15) is 0 Å². The quantitative estimate of drug-likeness (QED) is 0.198. The first-order chi connectivity index (χ1) is 12.7. The van der Waals surface area contributed by atoms with Crippen LogP contribution in [0.4, 0.5) is 0 Å². The fraction of sp³-hybridized carbons (Fsp3) is 0.333. The van der Waals surface area contributed by atoms with Gasteiger partial charge in [-0.15, -0.1) is 24.0 Å². The summed E-state index contributed by atoms with van der Waals surface area (Å²) in [5.74, 6) is 0.478. The van der Waals surface area contributed by atoms with Crippen LogP contribution in [-0.2, 0) is 17.7 Å². The van der Waals surface area contributed by atoms with Gasteiger partial charge in [-0.3, -0.25) is 0 Å². The van der Waals surface area contributed by atoms with Crippen molar-refractivity contribution < 1.29 is 9.53 Å². The van der Waals surface area contributed by atoms with E-state index in [-0.39, 0.29) is 29.9 Å². The van der Waals surface area contributed by atoms with Crippen LogP contribution < -0.4 is 10.6 Å². The lowest BCUT2D eigenvalue weighted by Crippen LogP contribution is -2.37. The molecule has 0 unspecified atom stereocenters. The monoisotopic (exact) mass is 481 g/mol. The molecule has 0 fully saturated rings. The number of nitrogens with zero attached hydrogens (tertiary/aromatic N) is 1. The van der Waals surface area contributed by atoms with Crippen LogP contribution in [0.5, 0.6) is 0 Å². The van der Waals surface area contributed by atoms with Crippen LogP contribution in [0, 0.1) is 0 Å². The number of ether oxygens (including phenoxy) is 1. The molecule has 6 heteroatoms. The van der Waals surface area contributed by atoms with Crippen molar-refractivity contribution in [2.45, 2.75) is 26.3 Å². The molecule has 0 saturated heterocycles. The number of halogens is 1. The normalized spacial score (nSPS) is 10.7. The van der Waals surface area contributed by atoms with Gasteiger partial charge < -0.3 is 15.4 Å². The molecule has 0 aliphatic carbocycles. The minimum Gasteiger partial charge on any atom is -0.465 e. The molecule has 2 N–H and O–H groups in total. The van der Waals surface area contributed by atoms with Gasteiger partial charge in [0.05, 0.1) is 19.2 Å². The summed E-state index contributed by atoms with van der Waals surface area (Å²) >= 11 is 0. The summed E-state index contributed by atoms with van der Waals surface area (Å²) in [5.41, 5.74) is 2.94. The van der Waals surface area contributed by atoms with Crippen LogP contribution in [-0.4, -0.2) is 32.1 Å². The van der Waals surface area contributed by atoms with Crippen molar-refractivity contribution in [1.29, 1.82) is 0 Å². The Bertz CT molecular complexity index is 703. The SMILES string of the molecule is CCNC(=NCc1ccc(C(=O)OC)cc1)NCCCc1ccccc1.I. The Morgan fingerprint density at radius 1 is 1.00 bits per heavy atom. The van der Waals surface area contributed by atoms with Gasteiger partial charge in [0.15, 0.2) is 5.96 Å². The summed E-state index contributed by atoms with van der Waals surface area (Å²) in [6.45, 7) is 4.27. The number of hydrogen-bond acceptors (Lipinski definition) is 3. The number of carbonyl (C=O) groups is 1. The highest BCUT2D eigenvalue weighted by Crippen LogP contribution is 2.07. The van der Waals surface area contributed by atoms with E-state index in [4.69, 9.17) is 4.74 Å². The third-order valence-electron chi connectivity index (χ3n) is 3.92. The van der Waals surface area contributed by atoms with Crippen molar-refractivity contribution in [3.63, 3.8) is 0 Å². The second-order valence-corrected chi connectivity index (χ2v) is 5.90. The van der Waals surface area contributed by atoms with Crippen LogP contribution >= 0.6 is 24.0 Å². The Morgan fingerprint density at radius 2 is 1.70 bits per heavy atom. The standard InChI is InChI=1S/C21H27N3O2.HI/c1-3-22-21(23-15-7-10-17-8-5-4-6-9-17)24-16-18-11-13-19(14-12-18)20(25)26-2;/h4-6,8-9,11-14H,3,7,10,15-16H2,1-2H3,(H2,22,23,24);1H. The van der Waals surface area contributed by atoms with Crippen LogP contribution in [0.3, 0.4) is 0 Å². The van der Waals surface area contributed by atoms with Gasteiger partial charge in [-0.25, -0.2) is 9.79 Å². The van der Waals surface area contributed by atoms with E-state index in [1.807, 2.05) is 25.1 Å². The lowest BCUT2D eigenvalue weighted by molar-refractivity contribution is 0.0600. The van der Waals surface area contributed by atoms with E-state index in [1.54, 1.807) is 12.1 Å². The molecule has 0 atom stereocenters. The van der Waals surface area contributed by atoms with Gasteiger partial charge >= 0.3 is 5.97 Å². The highest BCUT2D eigenvalue weighted by atomic mass is 127. The summed E-state index contributed by atoms with van der Waals surface area (Å²) in [4.78, 5) is 16.1. The number of aliphatic imine (C=N–C) groups is 1. The van der Waals surface area contributed by atoms with Crippen LogP contribution in [0.1, 0.15) is 34.8 Å². The first-order valence-corrected chi connectivity index (χ1v) is 8.96. The van der Waals surface area contributed by atoms with E-state index in [2.05, 4.69) is 39.9 Å². The van der Waals surface area contributed by atoms with Crippen LogP contribution in [0.25, 0.3) is 0 Å². The van der Waals surface area contributed by atoms with Crippen molar-refractivity contribution in [3.8, 4) is 0 Å². The Hall–Kier alpha value is -2.09. The zero-order chi connectivity index (χ0) is 18.6. The molecule has 0 saturated carbocycles.